The van der Waals surface area contributed by atoms with Crippen LogP contribution in [-0.4, -0.2) is 52.6 Å². The third-order valence-electron chi connectivity index (χ3n) is 4.37. The lowest BCUT2D eigenvalue weighted by molar-refractivity contribution is -0.137. The molecule has 2 rings (SSSR count). The first kappa shape index (κ1) is 14.7. The molecule has 110 valence electrons. The van der Waals surface area contributed by atoms with Crippen molar-refractivity contribution in [1.29, 1.82) is 0 Å². The molecule has 1 N–H and O–H groups in total. The smallest absolute Gasteiger partial charge is 0.323 e. The second kappa shape index (κ2) is 6.65. The second-order valence-corrected chi connectivity index (χ2v) is 5.68. The number of terminal acetylenes is 1. The average molecular weight is 278 g/mol. The summed E-state index contributed by atoms with van der Waals surface area (Å²) < 4.78 is 0. The monoisotopic (exact) mass is 278 g/mol. The molecule has 1 saturated heterocycles. The van der Waals surface area contributed by atoms with E-state index in [1.165, 1.54) is 24.2 Å². The highest BCUT2D eigenvalue weighted by Gasteiger charge is 2.37. The largest absolute Gasteiger partial charge is 0.480 e. The van der Waals surface area contributed by atoms with Crippen LogP contribution in [0.5, 0.6) is 0 Å². The van der Waals surface area contributed by atoms with Gasteiger partial charge in [0.1, 0.15) is 6.54 Å². The van der Waals surface area contributed by atoms with Gasteiger partial charge in [0.15, 0.2) is 0 Å². The number of carbonyl (C=O) groups is 2. The van der Waals surface area contributed by atoms with Crippen LogP contribution in [-0.2, 0) is 4.79 Å². The summed E-state index contributed by atoms with van der Waals surface area (Å²) in [6.07, 6.45) is 12.0. The number of urea groups is 1. The topological polar surface area (TPSA) is 60.9 Å². The zero-order chi connectivity index (χ0) is 14.5. The number of hydrogen-bond donors (Lipinski definition) is 1. The minimum absolute atomic E-state index is 0.0546. The van der Waals surface area contributed by atoms with Gasteiger partial charge in [0.2, 0.25) is 0 Å². The quantitative estimate of drug-likeness (QED) is 0.800. The number of carboxylic acids is 1. The first-order valence-corrected chi connectivity index (χ1v) is 7.34. The highest BCUT2D eigenvalue weighted by Crippen LogP contribution is 2.35. The third kappa shape index (κ3) is 3.24. The van der Waals surface area contributed by atoms with Gasteiger partial charge in [-0.3, -0.25) is 4.79 Å². The number of carboxylic acid groups (broad SMARTS) is 1. The second-order valence-electron chi connectivity index (χ2n) is 5.68. The fourth-order valence-corrected chi connectivity index (χ4v) is 3.51. The Labute approximate surface area is 119 Å². The third-order valence-corrected chi connectivity index (χ3v) is 4.37. The molecule has 1 aliphatic heterocycles. The van der Waals surface area contributed by atoms with E-state index in [9.17, 15) is 9.59 Å². The summed E-state index contributed by atoms with van der Waals surface area (Å²) in [4.78, 5) is 26.6. The minimum Gasteiger partial charge on any atom is -0.480 e. The number of carbonyl (C=O) groups excluding carboxylic acids is 1. The molecule has 2 fully saturated rings. The van der Waals surface area contributed by atoms with Gasteiger partial charge in [0.05, 0.1) is 6.54 Å². The Morgan fingerprint density at radius 2 is 1.95 bits per heavy atom. The van der Waals surface area contributed by atoms with Crippen LogP contribution in [0.1, 0.15) is 38.5 Å². The van der Waals surface area contributed by atoms with Crippen molar-refractivity contribution < 1.29 is 14.7 Å². The van der Waals surface area contributed by atoms with Crippen molar-refractivity contribution in [2.24, 2.45) is 5.92 Å². The Hall–Kier alpha value is -1.70. The Morgan fingerprint density at radius 1 is 1.25 bits per heavy atom. The number of nitrogens with zero attached hydrogens (tertiary/aromatic N) is 2. The normalized spacial score (nSPS) is 25.4. The molecule has 5 heteroatoms. The molecule has 2 atom stereocenters. The summed E-state index contributed by atoms with van der Waals surface area (Å²) in [6.45, 7) is 0.455. The number of piperidine rings is 1. The van der Waals surface area contributed by atoms with Crippen molar-refractivity contribution in [1.82, 2.24) is 9.80 Å². The van der Waals surface area contributed by atoms with Gasteiger partial charge in [0.25, 0.3) is 0 Å². The summed E-state index contributed by atoms with van der Waals surface area (Å²) in [5.74, 6) is 1.94. The van der Waals surface area contributed by atoms with E-state index in [1.54, 1.807) is 0 Å². The highest BCUT2D eigenvalue weighted by molar-refractivity contribution is 5.80. The van der Waals surface area contributed by atoms with E-state index < -0.39 is 5.97 Å². The number of likely N-dealkylation sites (tertiary alicyclic amines) is 1. The molecule has 0 spiro atoms. The number of rotatable bonds is 3. The predicted octanol–water partition coefficient (Wildman–Crippen LogP) is 1.78. The molecule has 5 nitrogen and oxygen atoms in total. The van der Waals surface area contributed by atoms with Crippen molar-refractivity contribution in [2.45, 2.75) is 44.6 Å². The molecule has 0 bridgehead atoms. The number of amides is 2. The first-order chi connectivity index (χ1) is 9.63. The molecule has 1 saturated carbocycles. The molecule has 2 unspecified atom stereocenters. The standard InChI is InChI=1S/C15H22N2O3/c1-2-9-16(11-14(18)19)15(20)17-10-5-7-12-6-3-4-8-13(12)17/h1,12-13H,3-11H2,(H,18,19). The van der Waals surface area contributed by atoms with Crippen molar-refractivity contribution in [2.75, 3.05) is 19.6 Å². The summed E-state index contributed by atoms with van der Waals surface area (Å²) in [5.41, 5.74) is 0. The van der Waals surface area contributed by atoms with Gasteiger partial charge >= 0.3 is 12.0 Å². The molecule has 20 heavy (non-hydrogen) atoms. The zero-order valence-electron chi connectivity index (χ0n) is 11.8. The Balaban J connectivity index is 2.08. The summed E-state index contributed by atoms with van der Waals surface area (Å²) in [7, 11) is 0. The van der Waals surface area contributed by atoms with Gasteiger partial charge in [-0.1, -0.05) is 18.8 Å². The van der Waals surface area contributed by atoms with E-state index in [0.717, 1.165) is 25.8 Å². The lowest BCUT2D eigenvalue weighted by Gasteiger charge is -2.45. The van der Waals surface area contributed by atoms with Gasteiger partial charge in [-0.25, -0.2) is 4.79 Å². The van der Waals surface area contributed by atoms with E-state index in [0.29, 0.717) is 5.92 Å². The summed E-state index contributed by atoms with van der Waals surface area (Å²) in [5, 5.41) is 8.91. The molecule has 1 aliphatic carbocycles. The fourth-order valence-electron chi connectivity index (χ4n) is 3.51. The molecular weight excluding hydrogens is 256 g/mol. The maximum absolute atomic E-state index is 12.6. The molecule has 2 aliphatic rings. The van der Waals surface area contributed by atoms with Crippen molar-refractivity contribution in [3.8, 4) is 12.3 Å². The molecular formula is C15H22N2O3. The van der Waals surface area contributed by atoms with Gasteiger partial charge in [-0.2, -0.15) is 0 Å². The van der Waals surface area contributed by atoms with Crippen LogP contribution in [0.25, 0.3) is 0 Å². The van der Waals surface area contributed by atoms with Crippen LogP contribution in [0.15, 0.2) is 0 Å². The molecule has 0 aromatic heterocycles. The lowest BCUT2D eigenvalue weighted by atomic mass is 9.78. The lowest BCUT2D eigenvalue weighted by Crippen LogP contribution is -2.55. The first-order valence-electron chi connectivity index (χ1n) is 7.34. The minimum atomic E-state index is -1.02. The Bertz CT molecular complexity index is 414. The van der Waals surface area contributed by atoms with Gasteiger partial charge in [-0.05, 0) is 31.6 Å². The molecule has 1 heterocycles. The molecule has 0 aromatic rings. The van der Waals surface area contributed by atoms with Crippen LogP contribution in [0.2, 0.25) is 0 Å². The van der Waals surface area contributed by atoms with Crippen molar-refractivity contribution in [3.63, 3.8) is 0 Å². The van der Waals surface area contributed by atoms with Crippen LogP contribution in [0, 0.1) is 18.3 Å². The highest BCUT2D eigenvalue weighted by atomic mass is 16.4. The van der Waals surface area contributed by atoms with Crippen molar-refractivity contribution >= 4 is 12.0 Å². The Morgan fingerprint density at radius 3 is 2.65 bits per heavy atom. The van der Waals surface area contributed by atoms with Crippen LogP contribution in [0.4, 0.5) is 4.79 Å². The van der Waals surface area contributed by atoms with Gasteiger partial charge < -0.3 is 14.9 Å². The molecule has 2 amide bonds. The Kier molecular flexibility index (Phi) is 4.89. The number of fused-ring (bicyclic) bond motifs is 1. The van der Waals surface area contributed by atoms with Crippen LogP contribution >= 0.6 is 0 Å². The number of hydrogen-bond acceptors (Lipinski definition) is 2. The maximum atomic E-state index is 12.6. The van der Waals surface area contributed by atoms with Crippen molar-refractivity contribution in [3.05, 3.63) is 0 Å². The van der Waals surface area contributed by atoms with Gasteiger partial charge in [-0.15, -0.1) is 6.42 Å². The van der Waals surface area contributed by atoms with E-state index >= 15 is 0 Å². The SMILES string of the molecule is C#CCN(CC(=O)O)C(=O)N1CCCC2CCCCC21. The van der Waals surface area contributed by atoms with Gasteiger partial charge in [0, 0.05) is 12.6 Å². The number of aliphatic carboxylic acids is 1. The predicted molar refractivity (Wildman–Crippen MR) is 75.1 cm³/mol. The van der Waals surface area contributed by atoms with Crippen LogP contribution in [0.3, 0.4) is 0 Å². The summed E-state index contributed by atoms with van der Waals surface area (Å²) in [6, 6.07) is 0.0704. The average Bonchev–Trinajstić information content (AvgIpc) is 2.45. The maximum Gasteiger partial charge on any atom is 0.323 e. The summed E-state index contributed by atoms with van der Waals surface area (Å²) >= 11 is 0. The molecule has 0 radical (unpaired) electrons. The zero-order valence-corrected chi connectivity index (χ0v) is 11.8. The fraction of sp³-hybridized carbons (Fsp3) is 0.733. The van der Waals surface area contributed by atoms with Crippen LogP contribution < -0.4 is 0 Å². The van der Waals surface area contributed by atoms with E-state index in [2.05, 4.69) is 5.92 Å². The molecule has 0 aromatic carbocycles. The van der Waals surface area contributed by atoms with E-state index in [1.807, 2.05) is 4.90 Å². The van der Waals surface area contributed by atoms with E-state index in [4.69, 9.17) is 11.5 Å². The van der Waals surface area contributed by atoms with E-state index in [-0.39, 0.29) is 25.2 Å².